The molecule has 0 saturated heterocycles. The highest BCUT2D eigenvalue weighted by Crippen LogP contribution is 2.22. The second kappa shape index (κ2) is 3.92. The minimum atomic E-state index is 0.183. The molecule has 1 N–H and O–H groups in total. The zero-order valence-electron chi connectivity index (χ0n) is 7.39. The van der Waals surface area contributed by atoms with Crippen LogP contribution >= 0.6 is 11.6 Å². The lowest BCUT2D eigenvalue weighted by atomic mass is 10.0. The molecule has 1 nitrogen and oxygen atoms in total. The smallest absolute Gasteiger partial charge is 0.0471 e. The molecule has 1 aromatic rings. The van der Waals surface area contributed by atoms with Crippen molar-refractivity contribution < 1.29 is 5.11 Å². The van der Waals surface area contributed by atoms with Crippen LogP contribution in [0.5, 0.6) is 0 Å². The van der Waals surface area contributed by atoms with Gasteiger partial charge in [-0.15, -0.1) is 0 Å². The Morgan fingerprint density at radius 3 is 2.58 bits per heavy atom. The predicted molar refractivity (Wildman–Crippen MR) is 51.7 cm³/mol. The number of rotatable bonds is 2. The highest BCUT2D eigenvalue weighted by molar-refractivity contribution is 6.31. The molecule has 0 unspecified atom stereocenters. The number of aryl methyl sites for hydroxylation is 1. The number of aliphatic hydroxyl groups excluding tert-OH is 1. The van der Waals surface area contributed by atoms with Crippen LogP contribution in [0.3, 0.4) is 0 Å². The second-order valence-electron chi connectivity index (χ2n) is 2.94. The van der Waals surface area contributed by atoms with E-state index in [9.17, 15) is 0 Å². The van der Waals surface area contributed by atoms with Crippen LogP contribution < -0.4 is 0 Å². The van der Waals surface area contributed by atoms with Crippen LogP contribution in [0.2, 0.25) is 5.02 Å². The molecule has 0 atom stereocenters. The Labute approximate surface area is 78.0 Å². The first kappa shape index (κ1) is 9.56. The van der Waals surface area contributed by atoms with E-state index in [0.29, 0.717) is 6.42 Å². The summed E-state index contributed by atoms with van der Waals surface area (Å²) in [7, 11) is 0. The van der Waals surface area contributed by atoms with Gasteiger partial charge < -0.3 is 5.11 Å². The summed E-state index contributed by atoms with van der Waals surface area (Å²) in [6, 6.07) is 3.88. The SMILES string of the molecule is Cc1ccc(Cl)c(C)c1CCO. The van der Waals surface area contributed by atoms with E-state index in [2.05, 4.69) is 0 Å². The van der Waals surface area contributed by atoms with Crippen molar-refractivity contribution in [3.8, 4) is 0 Å². The molecule has 1 aromatic carbocycles. The number of aliphatic hydroxyl groups is 1. The third-order valence-electron chi connectivity index (χ3n) is 2.13. The number of hydrogen-bond donors (Lipinski definition) is 1. The zero-order valence-corrected chi connectivity index (χ0v) is 8.15. The average Bonchev–Trinajstić information content (AvgIpc) is 2.06. The van der Waals surface area contributed by atoms with Crippen LogP contribution in [-0.2, 0) is 6.42 Å². The van der Waals surface area contributed by atoms with E-state index in [-0.39, 0.29) is 6.61 Å². The van der Waals surface area contributed by atoms with Gasteiger partial charge in [-0.3, -0.25) is 0 Å². The maximum absolute atomic E-state index is 8.82. The Morgan fingerprint density at radius 1 is 1.33 bits per heavy atom. The second-order valence-corrected chi connectivity index (χ2v) is 3.35. The third kappa shape index (κ3) is 1.79. The summed E-state index contributed by atoms with van der Waals surface area (Å²) in [4.78, 5) is 0. The molecule has 0 bridgehead atoms. The van der Waals surface area contributed by atoms with Crippen molar-refractivity contribution in [1.82, 2.24) is 0 Å². The van der Waals surface area contributed by atoms with Crippen molar-refractivity contribution in [3.05, 3.63) is 33.8 Å². The van der Waals surface area contributed by atoms with Crippen LogP contribution in [0.1, 0.15) is 16.7 Å². The molecule has 0 aromatic heterocycles. The van der Waals surface area contributed by atoms with E-state index in [1.54, 1.807) is 0 Å². The fraction of sp³-hybridized carbons (Fsp3) is 0.400. The van der Waals surface area contributed by atoms with Gasteiger partial charge >= 0.3 is 0 Å². The molecule has 2 heteroatoms. The van der Waals surface area contributed by atoms with Gasteiger partial charge in [0.15, 0.2) is 0 Å². The monoisotopic (exact) mass is 184 g/mol. The molecule has 0 spiro atoms. The molecular weight excluding hydrogens is 172 g/mol. The van der Waals surface area contributed by atoms with Crippen molar-refractivity contribution in [3.63, 3.8) is 0 Å². The van der Waals surface area contributed by atoms with Crippen LogP contribution in [0.15, 0.2) is 12.1 Å². The molecule has 0 aliphatic rings. The Kier molecular flexibility index (Phi) is 3.12. The summed E-state index contributed by atoms with van der Waals surface area (Å²) in [5.74, 6) is 0. The van der Waals surface area contributed by atoms with Crippen LogP contribution in [0.25, 0.3) is 0 Å². The number of hydrogen-bond acceptors (Lipinski definition) is 1. The molecule has 0 amide bonds. The summed E-state index contributed by atoms with van der Waals surface area (Å²) >= 11 is 5.94. The highest BCUT2D eigenvalue weighted by atomic mass is 35.5. The summed E-state index contributed by atoms with van der Waals surface area (Å²) in [6.07, 6.45) is 0.693. The van der Waals surface area contributed by atoms with E-state index < -0.39 is 0 Å². The summed E-state index contributed by atoms with van der Waals surface area (Å²) in [5.41, 5.74) is 3.46. The maximum Gasteiger partial charge on any atom is 0.0471 e. The van der Waals surface area contributed by atoms with E-state index >= 15 is 0 Å². The Hall–Kier alpha value is -0.530. The fourth-order valence-corrected chi connectivity index (χ4v) is 1.54. The van der Waals surface area contributed by atoms with Crippen molar-refractivity contribution in [1.29, 1.82) is 0 Å². The normalized spacial score (nSPS) is 10.3. The molecule has 0 aliphatic carbocycles. The lowest BCUT2D eigenvalue weighted by Gasteiger charge is -2.09. The molecular formula is C10H13ClO. The lowest BCUT2D eigenvalue weighted by molar-refractivity contribution is 0.299. The van der Waals surface area contributed by atoms with Gasteiger partial charge in [0, 0.05) is 11.6 Å². The van der Waals surface area contributed by atoms with Crippen molar-refractivity contribution in [2.75, 3.05) is 6.61 Å². The first-order valence-electron chi connectivity index (χ1n) is 4.02. The molecule has 0 heterocycles. The maximum atomic E-state index is 8.82. The molecule has 0 fully saturated rings. The fourth-order valence-electron chi connectivity index (χ4n) is 1.36. The van der Waals surface area contributed by atoms with E-state index in [4.69, 9.17) is 16.7 Å². The van der Waals surface area contributed by atoms with Crippen molar-refractivity contribution in [2.24, 2.45) is 0 Å². The molecule has 1 rings (SSSR count). The number of halogens is 1. The zero-order chi connectivity index (χ0) is 9.14. The Bertz CT molecular complexity index is 281. The molecule has 66 valence electrons. The first-order valence-corrected chi connectivity index (χ1v) is 4.40. The van der Waals surface area contributed by atoms with Gasteiger partial charge in [-0.1, -0.05) is 17.7 Å². The van der Waals surface area contributed by atoms with Gasteiger partial charge in [0.05, 0.1) is 0 Å². The first-order chi connectivity index (χ1) is 5.66. The van der Waals surface area contributed by atoms with E-state index in [1.807, 2.05) is 26.0 Å². The third-order valence-corrected chi connectivity index (χ3v) is 2.54. The molecule has 12 heavy (non-hydrogen) atoms. The highest BCUT2D eigenvalue weighted by Gasteiger charge is 2.04. The van der Waals surface area contributed by atoms with Gasteiger partial charge in [-0.25, -0.2) is 0 Å². The topological polar surface area (TPSA) is 20.2 Å². The van der Waals surface area contributed by atoms with Crippen LogP contribution in [0, 0.1) is 13.8 Å². The number of benzene rings is 1. The summed E-state index contributed by atoms with van der Waals surface area (Å²) in [6.45, 7) is 4.21. The summed E-state index contributed by atoms with van der Waals surface area (Å²) < 4.78 is 0. The van der Waals surface area contributed by atoms with Crippen LogP contribution in [0.4, 0.5) is 0 Å². The largest absolute Gasteiger partial charge is 0.396 e. The average molecular weight is 185 g/mol. The molecule has 0 aliphatic heterocycles. The van der Waals surface area contributed by atoms with Gasteiger partial charge in [-0.05, 0) is 43.0 Å². The van der Waals surface area contributed by atoms with E-state index in [1.165, 1.54) is 11.1 Å². The van der Waals surface area contributed by atoms with Crippen LogP contribution in [-0.4, -0.2) is 11.7 Å². The minimum absolute atomic E-state index is 0.183. The van der Waals surface area contributed by atoms with Crippen molar-refractivity contribution in [2.45, 2.75) is 20.3 Å². The Morgan fingerprint density at radius 2 is 2.00 bits per heavy atom. The Balaban J connectivity index is 3.14. The van der Waals surface area contributed by atoms with Gasteiger partial charge in [0.2, 0.25) is 0 Å². The molecule has 0 saturated carbocycles. The van der Waals surface area contributed by atoms with Gasteiger partial charge in [0.1, 0.15) is 0 Å². The molecule has 0 radical (unpaired) electrons. The van der Waals surface area contributed by atoms with Crippen molar-refractivity contribution >= 4 is 11.6 Å². The summed E-state index contributed by atoms with van der Waals surface area (Å²) in [5, 5.41) is 9.60. The van der Waals surface area contributed by atoms with Gasteiger partial charge in [-0.2, -0.15) is 0 Å². The minimum Gasteiger partial charge on any atom is -0.396 e. The van der Waals surface area contributed by atoms with E-state index in [0.717, 1.165) is 10.6 Å². The standard InChI is InChI=1S/C10H13ClO/c1-7-3-4-10(11)8(2)9(7)5-6-12/h3-4,12H,5-6H2,1-2H3. The lowest BCUT2D eigenvalue weighted by Crippen LogP contribution is -1.97. The quantitative estimate of drug-likeness (QED) is 0.749. The van der Waals surface area contributed by atoms with Gasteiger partial charge in [0.25, 0.3) is 0 Å². The predicted octanol–water partition coefficient (Wildman–Crippen LogP) is 2.49.